The number of ether oxygens (including phenoxy) is 2. The first-order chi connectivity index (χ1) is 14.1. The number of benzene rings is 2. The number of hydrogen-bond donors (Lipinski definition) is 2. The highest BCUT2D eigenvalue weighted by atomic mass is 35.5. The predicted molar refractivity (Wildman–Crippen MR) is 114 cm³/mol. The topological polar surface area (TPSA) is 63.3 Å². The molecule has 5 nitrogen and oxygen atoms in total. The van der Waals surface area contributed by atoms with E-state index in [4.69, 9.17) is 21.1 Å². The van der Waals surface area contributed by atoms with Crippen LogP contribution in [0.15, 0.2) is 42.5 Å². The second-order valence-electron chi connectivity index (χ2n) is 7.30. The molecule has 0 bridgehead atoms. The first-order valence-electron chi connectivity index (χ1n) is 9.88. The summed E-state index contributed by atoms with van der Waals surface area (Å²) in [5.74, 6) is -0.373. The summed E-state index contributed by atoms with van der Waals surface area (Å²) in [7, 11) is 1.66. The van der Waals surface area contributed by atoms with Crippen molar-refractivity contribution >= 4 is 28.5 Å². The van der Waals surface area contributed by atoms with E-state index in [1.165, 1.54) is 5.56 Å². The summed E-state index contributed by atoms with van der Waals surface area (Å²) in [6, 6.07) is 13.7. The molecule has 6 heteroatoms. The van der Waals surface area contributed by atoms with Crippen molar-refractivity contribution in [3.63, 3.8) is 0 Å². The van der Waals surface area contributed by atoms with Crippen LogP contribution in [0.5, 0.6) is 0 Å². The molecule has 1 aromatic heterocycles. The minimum atomic E-state index is -0.435. The highest BCUT2D eigenvalue weighted by Crippen LogP contribution is 2.38. The molecule has 2 aromatic carbocycles. The molecule has 0 saturated heterocycles. The van der Waals surface area contributed by atoms with Crippen molar-refractivity contribution < 1.29 is 14.3 Å². The molecule has 3 aromatic rings. The van der Waals surface area contributed by atoms with Crippen LogP contribution < -0.4 is 5.32 Å². The molecule has 0 saturated carbocycles. The number of hydrogen-bond acceptors (Lipinski definition) is 4. The van der Waals surface area contributed by atoms with E-state index >= 15 is 0 Å². The minimum Gasteiger partial charge on any atom is -0.465 e. The van der Waals surface area contributed by atoms with Crippen LogP contribution in [0.3, 0.4) is 0 Å². The standard InChI is InChI=1S/C23H25ClN2O3/c1-3-29-23(27)22-16(13-28-2)21-19(12-25-22)26-18-10-6-8-15(20(18)21)11-14-7-4-5-9-17(14)24/h4-10,16,22,25-26H,3,11-13H2,1-2H3. The number of aromatic nitrogens is 1. The maximum atomic E-state index is 12.6. The van der Waals surface area contributed by atoms with Gasteiger partial charge in [0.05, 0.1) is 13.2 Å². The van der Waals surface area contributed by atoms with Gasteiger partial charge in [-0.15, -0.1) is 0 Å². The third-order valence-electron chi connectivity index (χ3n) is 5.53. The Kier molecular flexibility index (Phi) is 5.90. The zero-order valence-corrected chi connectivity index (χ0v) is 17.4. The SMILES string of the molecule is CCOC(=O)C1NCc2[nH]c3cccc(Cc4ccccc4Cl)c3c2C1COC. The number of fused-ring (bicyclic) bond motifs is 3. The van der Waals surface area contributed by atoms with Crippen molar-refractivity contribution in [2.45, 2.75) is 31.8 Å². The molecule has 0 spiro atoms. The molecule has 0 radical (unpaired) electrons. The fraction of sp³-hybridized carbons (Fsp3) is 0.348. The Labute approximate surface area is 175 Å². The van der Waals surface area contributed by atoms with Crippen LogP contribution in [0, 0.1) is 0 Å². The van der Waals surface area contributed by atoms with Gasteiger partial charge in [-0.3, -0.25) is 10.1 Å². The molecular formula is C23H25ClN2O3. The zero-order valence-electron chi connectivity index (χ0n) is 16.6. The van der Waals surface area contributed by atoms with Crippen molar-refractivity contribution in [2.24, 2.45) is 0 Å². The average molecular weight is 413 g/mol. The molecule has 2 unspecified atom stereocenters. The number of rotatable bonds is 6. The highest BCUT2D eigenvalue weighted by molar-refractivity contribution is 6.31. The molecule has 29 heavy (non-hydrogen) atoms. The molecule has 0 fully saturated rings. The van der Waals surface area contributed by atoms with Crippen molar-refractivity contribution in [1.82, 2.24) is 10.3 Å². The lowest BCUT2D eigenvalue weighted by Crippen LogP contribution is -2.47. The third kappa shape index (κ3) is 3.78. The van der Waals surface area contributed by atoms with Crippen molar-refractivity contribution in [2.75, 3.05) is 20.3 Å². The van der Waals surface area contributed by atoms with Gasteiger partial charge in [0.1, 0.15) is 6.04 Å². The first-order valence-corrected chi connectivity index (χ1v) is 10.3. The molecular weight excluding hydrogens is 388 g/mol. The van der Waals surface area contributed by atoms with Gasteiger partial charge in [-0.1, -0.05) is 41.9 Å². The van der Waals surface area contributed by atoms with Crippen molar-refractivity contribution in [3.05, 3.63) is 69.9 Å². The van der Waals surface area contributed by atoms with E-state index in [1.807, 2.05) is 25.1 Å². The molecule has 0 aliphatic carbocycles. The second-order valence-corrected chi connectivity index (χ2v) is 7.70. The minimum absolute atomic E-state index is 0.135. The Bertz CT molecular complexity index is 1030. The van der Waals surface area contributed by atoms with Gasteiger partial charge < -0.3 is 14.5 Å². The molecule has 0 amide bonds. The number of nitrogens with one attached hydrogen (secondary N) is 2. The lowest BCUT2D eigenvalue weighted by molar-refractivity contribution is -0.147. The molecule has 152 valence electrons. The summed E-state index contributed by atoms with van der Waals surface area (Å²) in [5, 5.41) is 5.24. The smallest absolute Gasteiger partial charge is 0.323 e. The van der Waals surface area contributed by atoms with E-state index in [0.29, 0.717) is 19.8 Å². The molecule has 4 rings (SSSR count). The highest BCUT2D eigenvalue weighted by Gasteiger charge is 2.38. The average Bonchev–Trinajstić information content (AvgIpc) is 3.10. The van der Waals surface area contributed by atoms with E-state index in [9.17, 15) is 4.79 Å². The zero-order chi connectivity index (χ0) is 20.4. The fourth-order valence-corrected chi connectivity index (χ4v) is 4.51. The number of esters is 1. The van der Waals surface area contributed by atoms with Crippen LogP contribution in [0.2, 0.25) is 5.02 Å². The largest absolute Gasteiger partial charge is 0.465 e. The van der Waals surface area contributed by atoms with Crippen LogP contribution >= 0.6 is 11.6 Å². The first kappa shape index (κ1) is 20.0. The monoisotopic (exact) mass is 412 g/mol. The Morgan fingerprint density at radius 3 is 2.72 bits per heavy atom. The van der Waals surface area contributed by atoms with Crippen LogP contribution in [0.1, 0.15) is 35.2 Å². The Morgan fingerprint density at radius 1 is 1.17 bits per heavy atom. The normalized spacial score (nSPS) is 18.6. The number of aromatic amines is 1. The van der Waals surface area contributed by atoms with E-state index in [-0.39, 0.29) is 11.9 Å². The Morgan fingerprint density at radius 2 is 1.97 bits per heavy atom. The van der Waals surface area contributed by atoms with Crippen molar-refractivity contribution in [3.8, 4) is 0 Å². The van der Waals surface area contributed by atoms with Crippen LogP contribution in [0.4, 0.5) is 0 Å². The van der Waals surface area contributed by atoms with Crippen LogP contribution in [0.25, 0.3) is 10.9 Å². The quantitative estimate of drug-likeness (QED) is 0.596. The molecule has 1 aliphatic heterocycles. The summed E-state index contributed by atoms with van der Waals surface area (Å²) in [5.41, 5.74) is 5.55. The summed E-state index contributed by atoms with van der Waals surface area (Å²) in [6.07, 6.45) is 0.721. The lowest BCUT2D eigenvalue weighted by Gasteiger charge is -2.31. The van der Waals surface area contributed by atoms with E-state index < -0.39 is 6.04 Å². The summed E-state index contributed by atoms with van der Waals surface area (Å²) < 4.78 is 10.8. The molecule has 1 aliphatic rings. The summed E-state index contributed by atoms with van der Waals surface area (Å²) >= 11 is 6.42. The molecule has 2 atom stereocenters. The molecule has 2 heterocycles. The van der Waals surface area contributed by atoms with Gasteiger partial charge in [0.25, 0.3) is 0 Å². The number of carbonyl (C=O) groups excluding carboxylic acids is 1. The van der Waals surface area contributed by atoms with Crippen LogP contribution in [-0.2, 0) is 27.2 Å². The number of halogens is 1. The van der Waals surface area contributed by atoms with Crippen molar-refractivity contribution in [1.29, 1.82) is 0 Å². The van der Waals surface area contributed by atoms with Gasteiger partial charge in [0, 0.05) is 41.2 Å². The Hall–Kier alpha value is -2.34. The Balaban J connectivity index is 1.83. The van der Waals surface area contributed by atoms with E-state index in [0.717, 1.165) is 39.2 Å². The number of methoxy groups -OCH3 is 1. The maximum Gasteiger partial charge on any atom is 0.323 e. The van der Waals surface area contributed by atoms with Gasteiger partial charge in [0.2, 0.25) is 0 Å². The van der Waals surface area contributed by atoms with Gasteiger partial charge in [0.15, 0.2) is 0 Å². The number of carbonyl (C=O) groups is 1. The van der Waals surface area contributed by atoms with E-state index in [1.54, 1.807) is 7.11 Å². The fourth-order valence-electron chi connectivity index (χ4n) is 4.31. The van der Waals surface area contributed by atoms with Crippen LogP contribution in [-0.4, -0.2) is 37.3 Å². The van der Waals surface area contributed by atoms with E-state index in [2.05, 4.69) is 34.6 Å². The number of H-pyrrole nitrogens is 1. The van der Waals surface area contributed by atoms with Gasteiger partial charge in [-0.25, -0.2) is 0 Å². The second kappa shape index (κ2) is 8.57. The maximum absolute atomic E-state index is 12.6. The van der Waals surface area contributed by atoms with Gasteiger partial charge in [-0.2, -0.15) is 0 Å². The molecule has 2 N–H and O–H groups in total. The predicted octanol–water partition coefficient (Wildman–Crippen LogP) is 4.18. The van der Waals surface area contributed by atoms with Gasteiger partial charge >= 0.3 is 5.97 Å². The summed E-state index contributed by atoms with van der Waals surface area (Å²) in [6.45, 7) is 3.19. The van der Waals surface area contributed by atoms with Gasteiger partial charge in [-0.05, 0) is 42.2 Å². The third-order valence-corrected chi connectivity index (χ3v) is 5.90. The summed E-state index contributed by atoms with van der Waals surface area (Å²) in [4.78, 5) is 16.1. The lowest BCUT2D eigenvalue weighted by atomic mass is 9.84.